The highest BCUT2D eigenvalue weighted by Gasteiger charge is 2.45. The van der Waals surface area contributed by atoms with Crippen LogP contribution in [-0.2, 0) is 19.7 Å². The molecular weight excluding hydrogens is 377 g/mol. The van der Waals surface area contributed by atoms with E-state index in [2.05, 4.69) is 5.32 Å². The lowest BCUT2D eigenvalue weighted by Crippen LogP contribution is -2.39. The van der Waals surface area contributed by atoms with E-state index < -0.39 is 23.4 Å². The smallest absolute Gasteiger partial charge is 0.317 e. The van der Waals surface area contributed by atoms with Gasteiger partial charge in [0.1, 0.15) is 5.82 Å². The van der Waals surface area contributed by atoms with Gasteiger partial charge in [0.2, 0.25) is 6.79 Å². The Morgan fingerprint density at radius 2 is 1.76 bits per heavy atom. The van der Waals surface area contributed by atoms with Gasteiger partial charge in [-0.05, 0) is 49.6 Å². The predicted octanol–water partition coefficient (Wildman–Crippen LogP) is 3.94. The van der Waals surface area contributed by atoms with Crippen molar-refractivity contribution in [1.29, 1.82) is 0 Å². The highest BCUT2D eigenvalue weighted by molar-refractivity contribution is 5.96. The molecule has 2 aromatic rings. The molecule has 152 valence electrons. The standard InChI is InChI=1S/C22H22FNO5/c1-14(20(25)24-17-8-9-18-19(12-17)28-13-27-18)29-21(26)22(10-2-3-11-22)15-4-6-16(23)7-5-15/h4-9,12,14H,2-3,10-11,13H2,1H3,(H,24,25)/t14-/m1/s1. The number of hydrogen-bond acceptors (Lipinski definition) is 5. The van der Waals surface area contributed by atoms with Gasteiger partial charge in [-0.25, -0.2) is 4.39 Å². The largest absolute Gasteiger partial charge is 0.454 e. The zero-order valence-corrected chi connectivity index (χ0v) is 16.1. The summed E-state index contributed by atoms with van der Waals surface area (Å²) in [7, 11) is 0. The van der Waals surface area contributed by atoms with E-state index in [9.17, 15) is 14.0 Å². The molecule has 6 nitrogen and oxygen atoms in total. The van der Waals surface area contributed by atoms with Crippen LogP contribution in [0, 0.1) is 5.82 Å². The molecule has 1 aliphatic carbocycles. The average molecular weight is 399 g/mol. The summed E-state index contributed by atoms with van der Waals surface area (Å²) in [5.74, 6) is -0.0789. The summed E-state index contributed by atoms with van der Waals surface area (Å²) in [5, 5.41) is 2.73. The van der Waals surface area contributed by atoms with Crippen LogP contribution in [0.3, 0.4) is 0 Å². The molecule has 2 aromatic carbocycles. The molecule has 7 heteroatoms. The van der Waals surface area contributed by atoms with E-state index in [0.717, 1.165) is 18.4 Å². The highest BCUT2D eigenvalue weighted by atomic mass is 19.1. The number of nitrogens with one attached hydrogen (secondary N) is 1. The van der Waals surface area contributed by atoms with E-state index in [1.807, 2.05) is 0 Å². The van der Waals surface area contributed by atoms with Crippen molar-refractivity contribution in [2.24, 2.45) is 0 Å². The first-order chi connectivity index (χ1) is 14.0. The van der Waals surface area contributed by atoms with Crippen molar-refractivity contribution in [2.45, 2.75) is 44.1 Å². The fourth-order valence-electron chi connectivity index (χ4n) is 3.90. The van der Waals surface area contributed by atoms with E-state index in [0.29, 0.717) is 30.0 Å². The Labute approximate surface area is 168 Å². The number of hydrogen-bond donors (Lipinski definition) is 1. The number of rotatable bonds is 5. The monoisotopic (exact) mass is 399 g/mol. The fourth-order valence-corrected chi connectivity index (χ4v) is 3.90. The highest BCUT2D eigenvalue weighted by Crippen LogP contribution is 2.42. The number of anilines is 1. The molecule has 1 heterocycles. The molecule has 0 unspecified atom stereocenters. The van der Waals surface area contributed by atoms with E-state index in [1.54, 1.807) is 30.3 Å². The molecule has 1 N–H and O–H groups in total. The molecule has 0 radical (unpaired) electrons. The average Bonchev–Trinajstić information content (AvgIpc) is 3.38. The van der Waals surface area contributed by atoms with Gasteiger partial charge in [-0.3, -0.25) is 9.59 Å². The molecular formula is C22H22FNO5. The Kier molecular flexibility index (Phi) is 5.13. The van der Waals surface area contributed by atoms with Crippen molar-refractivity contribution in [3.63, 3.8) is 0 Å². The third-order valence-electron chi connectivity index (χ3n) is 5.54. The first-order valence-electron chi connectivity index (χ1n) is 9.66. The lowest BCUT2D eigenvalue weighted by Gasteiger charge is -2.28. The number of carbonyl (C=O) groups excluding carboxylic acids is 2. The minimum atomic E-state index is -0.981. The van der Waals surface area contributed by atoms with Crippen molar-refractivity contribution >= 4 is 17.6 Å². The molecule has 29 heavy (non-hydrogen) atoms. The third-order valence-corrected chi connectivity index (χ3v) is 5.54. The van der Waals surface area contributed by atoms with Gasteiger partial charge in [-0.1, -0.05) is 25.0 Å². The number of esters is 1. The van der Waals surface area contributed by atoms with Crippen LogP contribution in [0.2, 0.25) is 0 Å². The summed E-state index contributed by atoms with van der Waals surface area (Å²) in [6.07, 6.45) is 2.02. The van der Waals surface area contributed by atoms with Gasteiger partial charge < -0.3 is 19.5 Å². The molecule has 1 amide bonds. The van der Waals surface area contributed by atoms with Gasteiger partial charge in [-0.15, -0.1) is 0 Å². The first kappa shape index (κ1) is 19.2. The quantitative estimate of drug-likeness (QED) is 0.771. The van der Waals surface area contributed by atoms with Gasteiger partial charge in [-0.2, -0.15) is 0 Å². The van der Waals surface area contributed by atoms with Gasteiger partial charge in [0, 0.05) is 11.8 Å². The van der Waals surface area contributed by atoms with Crippen LogP contribution in [0.5, 0.6) is 11.5 Å². The Morgan fingerprint density at radius 1 is 1.07 bits per heavy atom. The molecule has 1 saturated carbocycles. The maximum atomic E-state index is 13.3. The molecule has 2 aliphatic rings. The summed E-state index contributed by atoms with van der Waals surface area (Å²) in [6.45, 7) is 1.68. The van der Waals surface area contributed by atoms with Crippen LogP contribution in [0.25, 0.3) is 0 Å². The van der Waals surface area contributed by atoms with Crippen LogP contribution >= 0.6 is 0 Å². The van der Waals surface area contributed by atoms with Crippen LogP contribution in [0.15, 0.2) is 42.5 Å². The van der Waals surface area contributed by atoms with Crippen molar-refractivity contribution < 1.29 is 28.2 Å². The molecule has 1 atom stereocenters. The summed E-state index contributed by atoms with van der Waals surface area (Å²) < 4.78 is 29.4. The summed E-state index contributed by atoms with van der Waals surface area (Å²) in [5.41, 5.74) is 0.419. The second kappa shape index (κ2) is 7.73. The van der Waals surface area contributed by atoms with Gasteiger partial charge in [0.05, 0.1) is 5.41 Å². The lowest BCUT2D eigenvalue weighted by atomic mass is 9.79. The normalized spacial score (nSPS) is 17.6. The molecule has 0 spiro atoms. The van der Waals surface area contributed by atoms with Crippen LogP contribution in [0.1, 0.15) is 38.2 Å². The SMILES string of the molecule is C[C@@H](OC(=O)C1(c2ccc(F)cc2)CCCC1)C(=O)Nc1ccc2c(c1)OCO2. The molecule has 4 rings (SSSR count). The van der Waals surface area contributed by atoms with E-state index in [1.165, 1.54) is 19.1 Å². The lowest BCUT2D eigenvalue weighted by molar-refractivity contribution is -0.159. The number of carbonyl (C=O) groups is 2. The molecule has 0 aromatic heterocycles. The first-order valence-corrected chi connectivity index (χ1v) is 9.66. The van der Waals surface area contributed by atoms with Crippen LogP contribution in [-0.4, -0.2) is 24.8 Å². The second-order valence-electron chi connectivity index (χ2n) is 7.40. The summed E-state index contributed by atoms with van der Waals surface area (Å²) >= 11 is 0. The van der Waals surface area contributed by atoms with Crippen molar-refractivity contribution in [3.05, 3.63) is 53.8 Å². The number of fused-ring (bicyclic) bond motifs is 1. The van der Waals surface area contributed by atoms with Crippen molar-refractivity contribution in [2.75, 3.05) is 12.1 Å². The van der Waals surface area contributed by atoms with Gasteiger partial charge in [0.15, 0.2) is 17.6 Å². The van der Waals surface area contributed by atoms with Gasteiger partial charge in [0.25, 0.3) is 5.91 Å². The molecule has 1 aliphatic heterocycles. The molecule has 1 fully saturated rings. The molecule has 0 bridgehead atoms. The van der Waals surface area contributed by atoms with Crippen molar-refractivity contribution in [1.82, 2.24) is 0 Å². The Morgan fingerprint density at radius 3 is 2.48 bits per heavy atom. The minimum Gasteiger partial charge on any atom is -0.454 e. The number of ether oxygens (including phenoxy) is 3. The van der Waals surface area contributed by atoms with Crippen LogP contribution in [0.4, 0.5) is 10.1 Å². The molecule has 0 saturated heterocycles. The third kappa shape index (κ3) is 3.77. The topological polar surface area (TPSA) is 73.9 Å². The van der Waals surface area contributed by atoms with Crippen molar-refractivity contribution in [3.8, 4) is 11.5 Å². The maximum absolute atomic E-state index is 13.3. The van der Waals surface area contributed by atoms with Gasteiger partial charge >= 0.3 is 5.97 Å². The second-order valence-corrected chi connectivity index (χ2v) is 7.40. The van der Waals surface area contributed by atoms with E-state index in [-0.39, 0.29) is 12.6 Å². The van der Waals surface area contributed by atoms with E-state index >= 15 is 0 Å². The summed E-state index contributed by atoms with van der Waals surface area (Å²) in [4.78, 5) is 25.6. The number of benzene rings is 2. The van der Waals surface area contributed by atoms with E-state index in [4.69, 9.17) is 14.2 Å². The Hall–Kier alpha value is -3.09. The maximum Gasteiger partial charge on any atom is 0.317 e. The fraction of sp³-hybridized carbons (Fsp3) is 0.364. The zero-order valence-electron chi connectivity index (χ0n) is 16.1. The number of halogens is 1. The van der Waals surface area contributed by atoms with Crippen LogP contribution < -0.4 is 14.8 Å². The Bertz CT molecular complexity index is 921. The predicted molar refractivity (Wildman–Crippen MR) is 103 cm³/mol. The Balaban J connectivity index is 1.45. The zero-order chi connectivity index (χ0) is 20.4. The minimum absolute atomic E-state index is 0.145. The number of amides is 1. The summed E-state index contributed by atoms with van der Waals surface area (Å²) in [6, 6.07) is 11.0.